The minimum absolute atomic E-state index is 0.171. The van der Waals surface area contributed by atoms with Crippen LogP contribution < -0.4 is 20.1 Å². The standard InChI is InChI=1S/C18H20N2O3/c21-18(19-9-8-14-4-2-1-3-5-14)20-13-15-6-7-16-17(12-15)23-11-10-22-16/h1-7,12H,8-11,13H2,(H2,19,20,21). The Morgan fingerprint density at radius 1 is 0.913 bits per heavy atom. The van der Waals surface area contributed by atoms with Crippen molar-refractivity contribution in [2.45, 2.75) is 13.0 Å². The maximum atomic E-state index is 11.8. The number of urea groups is 1. The monoisotopic (exact) mass is 312 g/mol. The maximum Gasteiger partial charge on any atom is 0.315 e. The first-order valence-electron chi connectivity index (χ1n) is 7.75. The van der Waals surface area contributed by atoms with Crippen LogP contribution in [0.15, 0.2) is 48.5 Å². The second kappa shape index (κ2) is 7.54. The van der Waals surface area contributed by atoms with Crippen molar-refractivity contribution in [3.8, 4) is 11.5 Å². The highest BCUT2D eigenvalue weighted by Crippen LogP contribution is 2.30. The molecule has 5 heteroatoms. The van der Waals surface area contributed by atoms with E-state index < -0.39 is 0 Å². The SMILES string of the molecule is O=C(NCCc1ccccc1)NCc1ccc2c(c1)OCCO2. The smallest absolute Gasteiger partial charge is 0.315 e. The van der Waals surface area contributed by atoms with Crippen LogP contribution in [0, 0.1) is 0 Å². The summed E-state index contributed by atoms with van der Waals surface area (Å²) in [5, 5.41) is 5.70. The Morgan fingerprint density at radius 3 is 2.52 bits per heavy atom. The first-order chi connectivity index (χ1) is 11.3. The zero-order valence-electron chi connectivity index (χ0n) is 12.9. The molecule has 5 nitrogen and oxygen atoms in total. The number of hydrogen-bond donors (Lipinski definition) is 2. The summed E-state index contributed by atoms with van der Waals surface area (Å²) in [7, 11) is 0. The van der Waals surface area contributed by atoms with Gasteiger partial charge in [0.1, 0.15) is 13.2 Å². The number of benzene rings is 2. The minimum Gasteiger partial charge on any atom is -0.486 e. The van der Waals surface area contributed by atoms with Crippen LogP contribution in [0.4, 0.5) is 4.79 Å². The number of nitrogens with one attached hydrogen (secondary N) is 2. The lowest BCUT2D eigenvalue weighted by atomic mass is 10.1. The molecule has 0 aromatic heterocycles. The lowest BCUT2D eigenvalue weighted by molar-refractivity contribution is 0.171. The van der Waals surface area contributed by atoms with Crippen molar-refractivity contribution in [2.24, 2.45) is 0 Å². The Morgan fingerprint density at radius 2 is 1.70 bits per heavy atom. The molecule has 2 amide bonds. The second-order valence-corrected chi connectivity index (χ2v) is 5.32. The predicted octanol–water partition coefficient (Wildman–Crippen LogP) is 2.50. The van der Waals surface area contributed by atoms with Gasteiger partial charge in [-0.3, -0.25) is 0 Å². The van der Waals surface area contributed by atoms with Crippen molar-refractivity contribution in [3.63, 3.8) is 0 Å². The molecule has 2 aromatic carbocycles. The fourth-order valence-electron chi connectivity index (χ4n) is 2.41. The van der Waals surface area contributed by atoms with Crippen LogP contribution in [0.3, 0.4) is 0 Å². The van der Waals surface area contributed by atoms with Crippen LogP contribution >= 0.6 is 0 Å². The molecule has 0 aliphatic carbocycles. The number of carbonyl (C=O) groups excluding carboxylic acids is 1. The number of amides is 2. The molecule has 0 saturated carbocycles. The average Bonchev–Trinajstić information content (AvgIpc) is 2.61. The van der Waals surface area contributed by atoms with E-state index in [0.717, 1.165) is 23.5 Å². The second-order valence-electron chi connectivity index (χ2n) is 5.32. The molecule has 1 aliphatic heterocycles. The van der Waals surface area contributed by atoms with Crippen molar-refractivity contribution in [3.05, 3.63) is 59.7 Å². The Kier molecular flexibility index (Phi) is 4.99. The van der Waals surface area contributed by atoms with E-state index in [0.29, 0.717) is 26.3 Å². The molecule has 0 spiro atoms. The molecule has 3 rings (SSSR count). The predicted molar refractivity (Wildman–Crippen MR) is 87.8 cm³/mol. The first-order valence-corrected chi connectivity index (χ1v) is 7.75. The first kappa shape index (κ1) is 15.2. The average molecular weight is 312 g/mol. The van der Waals surface area contributed by atoms with Gasteiger partial charge in [-0.1, -0.05) is 36.4 Å². The van der Waals surface area contributed by atoms with E-state index in [9.17, 15) is 4.79 Å². The lowest BCUT2D eigenvalue weighted by Crippen LogP contribution is -2.36. The molecule has 2 N–H and O–H groups in total. The van der Waals surface area contributed by atoms with Gasteiger partial charge in [0.05, 0.1) is 0 Å². The van der Waals surface area contributed by atoms with Gasteiger partial charge in [-0.25, -0.2) is 4.79 Å². The third-order valence-electron chi connectivity index (χ3n) is 3.60. The minimum atomic E-state index is -0.171. The van der Waals surface area contributed by atoms with Gasteiger partial charge >= 0.3 is 6.03 Å². The highest BCUT2D eigenvalue weighted by atomic mass is 16.6. The lowest BCUT2D eigenvalue weighted by Gasteiger charge is -2.19. The van der Waals surface area contributed by atoms with E-state index in [4.69, 9.17) is 9.47 Å². The highest BCUT2D eigenvalue weighted by Gasteiger charge is 2.11. The van der Waals surface area contributed by atoms with Crippen molar-refractivity contribution >= 4 is 6.03 Å². The Balaban J connectivity index is 1.42. The van der Waals surface area contributed by atoms with E-state index in [2.05, 4.69) is 22.8 Å². The van der Waals surface area contributed by atoms with Crippen LogP contribution in [0.1, 0.15) is 11.1 Å². The Hall–Kier alpha value is -2.69. The maximum absolute atomic E-state index is 11.8. The molecule has 0 fully saturated rings. The largest absolute Gasteiger partial charge is 0.486 e. The molecule has 120 valence electrons. The van der Waals surface area contributed by atoms with Crippen LogP contribution in [0.5, 0.6) is 11.5 Å². The van der Waals surface area contributed by atoms with Crippen molar-refractivity contribution in [1.82, 2.24) is 10.6 Å². The summed E-state index contributed by atoms with van der Waals surface area (Å²) in [6.45, 7) is 2.20. The molecule has 2 aromatic rings. The van der Waals surface area contributed by atoms with Gasteiger partial charge in [-0.15, -0.1) is 0 Å². The summed E-state index contributed by atoms with van der Waals surface area (Å²) in [4.78, 5) is 11.8. The summed E-state index contributed by atoms with van der Waals surface area (Å²) in [6, 6.07) is 15.6. The zero-order valence-corrected chi connectivity index (χ0v) is 12.9. The molecule has 23 heavy (non-hydrogen) atoms. The van der Waals surface area contributed by atoms with Gasteiger partial charge in [0.25, 0.3) is 0 Å². The molecule has 0 unspecified atom stereocenters. The topological polar surface area (TPSA) is 59.6 Å². The fourth-order valence-corrected chi connectivity index (χ4v) is 2.41. The number of rotatable bonds is 5. The van der Waals surface area contributed by atoms with Gasteiger partial charge in [-0.2, -0.15) is 0 Å². The van der Waals surface area contributed by atoms with Crippen molar-refractivity contribution < 1.29 is 14.3 Å². The summed E-state index contributed by atoms with van der Waals surface area (Å²) in [6.07, 6.45) is 0.818. The fraction of sp³-hybridized carbons (Fsp3) is 0.278. The normalized spacial score (nSPS) is 12.5. The van der Waals surface area contributed by atoms with E-state index >= 15 is 0 Å². The molecular formula is C18H20N2O3. The van der Waals surface area contributed by atoms with Crippen LogP contribution in [-0.2, 0) is 13.0 Å². The van der Waals surface area contributed by atoms with Crippen LogP contribution in [0.2, 0.25) is 0 Å². The number of hydrogen-bond acceptors (Lipinski definition) is 3. The quantitative estimate of drug-likeness (QED) is 0.892. The number of carbonyl (C=O) groups is 1. The third kappa shape index (κ3) is 4.39. The molecule has 1 heterocycles. The summed E-state index contributed by atoms with van der Waals surface area (Å²) >= 11 is 0. The molecule has 0 radical (unpaired) electrons. The third-order valence-corrected chi connectivity index (χ3v) is 3.60. The molecule has 0 atom stereocenters. The zero-order chi connectivity index (χ0) is 15.9. The van der Waals surface area contributed by atoms with E-state index in [-0.39, 0.29) is 6.03 Å². The van der Waals surface area contributed by atoms with Gasteiger partial charge in [0, 0.05) is 13.1 Å². The molecule has 1 aliphatic rings. The van der Waals surface area contributed by atoms with E-state index in [1.807, 2.05) is 36.4 Å². The molecular weight excluding hydrogens is 292 g/mol. The van der Waals surface area contributed by atoms with Gasteiger partial charge in [0.2, 0.25) is 0 Å². The van der Waals surface area contributed by atoms with E-state index in [1.165, 1.54) is 5.56 Å². The van der Waals surface area contributed by atoms with Gasteiger partial charge in [0.15, 0.2) is 11.5 Å². The summed E-state index contributed by atoms with van der Waals surface area (Å²) < 4.78 is 11.0. The van der Waals surface area contributed by atoms with Crippen molar-refractivity contribution in [1.29, 1.82) is 0 Å². The molecule has 0 saturated heterocycles. The highest BCUT2D eigenvalue weighted by molar-refractivity contribution is 5.73. The van der Waals surface area contributed by atoms with Crippen LogP contribution in [0.25, 0.3) is 0 Å². The summed E-state index contributed by atoms with van der Waals surface area (Å²) in [5.41, 5.74) is 2.19. The Bertz CT molecular complexity index is 659. The Labute approximate surface area is 135 Å². The van der Waals surface area contributed by atoms with Crippen molar-refractivity contribution in [2.75, 3.05) is 19.8 Å². The number of fused-ring (bicyclic) bond motifs is 1. The van der Waals surface area contributed by atoms with E-state index in [1.54, 1.807) is 0 Å². The van der Waals surface area contributed by atoms with Gasteiger partial charge < -0.3 is 20.1 Å². The van der Waals surface area contributed by atoms with Gasteiger partial charge in [-0.05, 0) is 29.7 Å². The molecule has 0 bridgehead atoms. The van der Waals surface area contributed by atoms with Crippen LogP contribution in [-0.4, -0.2) is 25.8 Å². The number of ether oxygens (including phenoxy) is 2. The summed E-state index contributed by atoms with van der Waals surface area (Å²) in [5.74, 6) is 1.49.